The van der Waals surface area contributed by atoms with Crippen LogP contribution in [-0.2, 0) is 9.53 Å². The Morgan fingerprint density at radius 1 is 1.25 bits per heavy atom. The second-order valence-corrected chi connectivity index (χ2v) is 5.21. The Hall–Kier alpha value is -0.610. The molecule has 4 heteroatoms. The summed E-state index contributed by atoms with van der Waals surface area (Å²) < 4.78 is 4.55. The molecule has 0 aromatic carbocycles. The molecule has 1 rings (SSSR count). The van der Waals surface area contributed by atoms with Crippen LogP contribution in [0.4, 0.5) is 0 Å². The number of carbonyl (C=O) groups excluding carboxylic acids is 1. The molecule has 96 valence electrons. The van der Waals surface area contributed by atoms with Crippen LogP contribution >= 0.6 is 0 Å². The van der Waals surface area contributed by atoms with Gasteiger partial charge in [0.05, 0.1) is 0 Å². The Kier molecular flexibility index (Phi) is 7.34. The first-order valence-electron chi connectivity index (χ1n) is 5.93. The third-order valence-electron chi connectivity index (χ3n) is 2.28. The molecular formula is C12H26N2O2. The van der Waals surface area contributed by atoms with Crippen molar-refractivity contribution in [2.24, 2.45) is 0 Å². The van der Waals surface area contributed by atoms with E-state index < -0.39 is 0 Å². The largest absolute Gasteiger partial charge is 0.462 e. The fraction of sp³-hybridized carbons (Fsp3) is 0.917. The molecule has 1 N–H and O–H groups in total. The summed E-state index contributed by atoms with van der Waals surface area (Å²) >= 11 is 0. The SMILES string of the molecule is CC(C)(C)OC=O.CC(C)N1CCNCC1. The number of nitrogens with zero attached hydrogens (tertiary/aromatic N) is 1. The second-order valence-electron chi connectivity index (χ2n) is 5.21. The van der Waals surface area contributed by atoms with E-state index in [9.17, 15) is 4.79 Å². The van der Waals surface area contributed by atoms with Crippen molar-refractivity contribution in [2.45, 2.75) is 46.3 Å². The molecule has 0 unspecified atom stereocenters. The van der Waals surface area contributed by atoms with Crippen molar-refractivity contribution >= 4 is 6.47 Å². The van der Waals surface area contributed by atoms with Gasteiger partial charge in [-0.2, -0.15) is 0 Å². The van der Waals surface area contributed by atoms with Crippen LogP contribution < -0.4 is 5.32 Å². The Bertz CT molecular complexity index is 182. The molecular weight excluding hydrogens is 204 g/mol. The van der Waals surface area contributed by atoms with Crippen LogP contribution in [0.2, 0.25) is 0 Å². The van der Waals surface area contributed by atoms with Crippen LogP contribution in [-0.4, -0.2) is 49.2 Å². The zero-order chi connectivity index (χ0) is 12.6. The van der Waals surface area contributed by atoms with E-state index in [1.54, 1.807) is 0 Å². The van der Waals surface area contributed by atoms with E-state index in [0.29, 0.717) is 6.47 Å². The molecule has 1 aliphatic rings. The summed E-state index contributed by atoms with van der Waals surface area (Å²) in [6.45, 7) is 15.2. The number of ether oxygens (including phenoxy) is 1. The summed E-state index contributed by atoms with van der Waals surface area (Å²) in [7, 11) is 0. The molecule has 4 nitrogen and oxygen atoms in total. The van der Waals surface area contributed by atoms with E-state index in [1.807, 2.05) is 20.8 Å². The van der Waals surface area contributed by atoms with Gasteiger partial charge in [0.1, 0.15) is 5.60 Å². The molecule has 0 spiro atoms. The Labute approximate surface area is 99.3 Å². The lowest BCUT2D eigenvalue weighted by Gasteiger charge is -2.30. The maximum Gasteiger partial charge on any atom is 0.293 e. The van der Waals surface area contributed by atoms with Crippen LogP contribution in [0.25, 0.3) is 0 Å². The van der Waals surface area contributed by atoms with Gasteiger partial charge in [0, 0.05) is 32.2 Å². The molecule has 0 aromatic rings. The molecule has 0 radical (unpaired) electrons. The van der Waals surface area contributed by atoms with Crippen LogP contribution in [0.1, 0.15) is 34.6 Å². The lowest BCUT2D eigenvalue weighted by atomic mass is 10.2. The summed E-state index contributed by atoms with van der Waals surface area (Å²) in [6.07, 6.45) is 0. The molecule has 0 aromatic heterocycles. The quantitative estimate of drug-likeness (QED) is 0.725. The highest BCUT2D eigenvalue weighted by Gasteiger charge is 2.11. The lowest BCUT2D eigenvalue weighted by molar-refractivity contribution is -0.138. The van der Waals surface area contributed by atoms with Crippen molar-refractivity contribution in [1.29, 1.82) is 0 Å². The summed E-state index contributed by atoms with van der Waals surface area (Å²) in [5.41, 5.74) is -0.318. The number of nitrogens with one attached hydrogen (secondary N) is 1. The van der Waals surface area contributed by atoms with Gasteiger partial charge in [0.15, 0.2) is 0 Å². The molecule has 0 bridgehead atoms. The first-order valence-corrected chi connectivity index (χ1v) is 5.93. The number of piperazine rings is 1. The van der Waals surface area contributed by atoms with Crippen LogP contribution in [0, 0.1) is 0 Å². The van der Waals surface area contributed by atoms with E-state index in [1.165, 1.54) is 13.1 Å². The van der Waals surface area contributed by atoms with Gasteiger partial charge >= 0.3 is 0 Å². The first kappa shape index (κ1) is 15.4. The van der Waals surface area contributed by atoms with Gasteiger partial charge in [-0.05, 0) is 34.6 Å². The molecule has 0 atom stereocenters. The third kappa shape index (κ3) is 8.68. The average molecular weight is 230 g/mol. The lowest BCUT2D eigenvalue weighted by Crippen LogP contribution is -2.46. The molecule has 0 aliphatic carbocycles. The number of rotatable bonds is 2. The minimum Gasteiger partial charge on any atom is -0.462 e. The fourth-order valence-electron chi connectivity index (χ4n) is 1.34. The van der Waals surface area contributed by atoms with Gasteiger partial charge in [0.2, 0.25) is 0 Å². The summed E-state index contributed by atoms with van der Waals surface area (Å²) in [6, 6.07) is 0.729. The average Bonchev–Trinajstić information content (AvgIpc) is 2.18. The molecule has 0 saturated carbocycles. The van der Waals surface area contributed by atoms with E-state index in [4.69, 9.17) is 0 Å². The third-order valence-corrected chi connectivity index (χ3v) is 2.28. The van der Waals surface area contributed by atoms with Gasteiger partial charge in [-0.25, -0.2) is 0 Å². The monoisotopic (exact) mass is 230 g/mol. The van der Waals surface area contributed by atoms with E-state index in [2.05, 4.69) is 28.8 Å². The van der Waals surface area contributed by atoms with Crippen LogP contribution in [0.3, 0.4) is 0 Å². The van der Waals surface area contributed by atoms with Gasteiger partial charge < -0.3 is 10.1 Å². The smallest absolute Gasteiger partial charge is 0.293 e. The standard InChI is InChI=1S/C7H16N2.C5H10O2/c1-7(2)9-5-3-8-4-6-9;1-5(2,3)7-4-6/h7-8H,3-6H2,1-2H3;4H,1-3H3. The number of hydrogen-bond acceptors (Lipinski definition) is 4. The summed E-state index contributed by atoms with van der Waals surface area (Å²) in [4.78, 5) is 12.1. The Morgan fingerprint density at radius 2 is 1.75 bits per heavy atom. The molecule has 1 fully saturated rings. The van der Waals surface area contributed by atoms with Gasteiger partial charge in [0.25, 0.3) is 6.47 Å². The minimum absolute atomic E-state index is 0.318. The Balaban J connectivity index is 0.000000293. The maximum absolute atomic E-state index is 9.60. The Morgan fingerprint density at radius 3 is 1.94 bits per heavy atom. The van der Waals surface area contributed by atoms with E-state index in [-0.39, 0.29) is 5.60 Å². The van der Waals surface area contributed by atoms with Crippen molar-refractivity contribution in [3.05, 3.63) is 0 Å². The molecule has 1 heterocycles. The predicted octanol–water partition coefficient (Wildman–Crippen LogP) is 1.26. The topological polar surface area (TPSA) is 41.6 Å². The van der Waals surface area contributed by atoms with E-state index in [0.717, 1.165) is 19.1 Å². The fourth-order valence-corrected chi connectivity index (χ4v) is 1.34. The maximum atomic E-state index is 9.60. The minimum atomic E-state index is -0.318. The van der Waals surface area contributed by atoms with Crippen molar-refractivity contribution in [3.8, 4) is 0 Å². The normalized spacial score (nSPS) is 17.6. The van der Waals surface area contributed by atoms with Crippen molar-refractivity contribution < 1.29 is 9.53 Å². The number of carbonyl (C=O) groups is 1. The molecule has 16 heavy (non-hydrogen) atoms. The van der Waals surface area contributed by atoms with Gasteiger partial charge in [-0.1, -0.05) is 0 Å². The second kappa shape index (κ2) is 7.63. The van der Waals surface area contributed by atoms with Crippen molar-refractivity contribution in [1.82, 2.24) is 10.2 Å². The highest BCUT2D eigenvalue weighted by molar-refractivity contribution is 5.37. The van der Waals surface area contributed by atoms with E-state index >= 15 is 0 Å². The highest BCUT2D eigenvalue weighted by atomic mass is 16.5. The van der Waals surface area contributed by atoms with Gasteiger partial charge in [-0.15, -0.1) is 0 Å². The molecule has 1 saturated heterocycles. The molecule has 0 amide bonds. The molecule has 1 aliphatic heterocycles. The van der Waals surface area contributed by atoms with Crippen LogP contribution in [0.5, 0.6) is 0 Å². The summed E-state index contributed by atoms with van der Waals surface area (Å²) in [5, 5.41) is 3.33. The van der Waals surface area contributed by atoms with Gasteiger partial charge in [-0.3, -0.25) is 9.69 Å². The zero-order valence-electron chi connectivity index (χ0n) is 11.2. The highest BCUT2D eigenvalue weighted by Crippen LogP contribution is 2.02. The summed E-state index contributed by atoms with van der Waals surface area (Å²) in [5.74, 6) is 0. The zero-order valence-corrected chi connectivity index (χ0v) is 11.2. The predicted molar refractivity (Wildman–Crippen MR) is 66.5 cm³/mol. The van der Waals surface area contributed by atoms with Crippen molar-refractivity contribution in [3.63, 3.8) is 0 Å². The number of hydrogen-bond donors (Lipinski definition) is 1. The van der Waals surface area contributed by atoms with Crippen LogP contribution in [0.15, 0.2) is 0 Å². The van der Waals surface area contributed by atoms with Crippen molar-refractivity contribution in [2.75, 3.05) is 26.2 Å². The first-order chi connectivity index (χ1) is 7.37.